The van der Waals surface area contributed by atoms with Crippen molar-refractivity contribution in [2.75, 3.05) is 32.7 Å². The van der Waals surface area contributed by atoms with Gasteiger partial charge in [0, 0.05) is 31.1 Å². The van der Waals surface area contributed by atoms with Crippen LogP contribution in [0.1, 0.15) is 37.4 Å². The van der Waals surface area contributed by atoms with Gasteiger partial charge >= 0.3 is 0 Å². The van der Waals surface area contributed by atoms with E-state index in [0.29, 0.717) is 5.92 Å². The van der Waals surface area contributed by atoms with E-state index in [0.717, 1.165) is 55.3 Å². The molecule has 0 saturated carbocycles. The Morgan fingerprint density at radius 3 is 2.59 bits per heavy atom. The van der Waals surface area contributed by atoms with Gasteiger partial charge in [-0.25, -0.2) is 4.98 Å². The predicted octanol–water partition coefficient (Wildman–Crippen LogP) is 2.25. The Morgan fingerprint density at radius 2 is 1.95 bits per heavy atom. The molecule has 0 aromatic carbocycles. The van der Waals surface area contributed by atoms with Crippen molar-refractivity contribution in [2.24, 2.45) is 0 Å². The summed E-state index contributed by atoms with van der Waals surface area (Å²) in [5.74, 6) is 1.23. The van der Waals surface area contributed by atoms with Crippen LogP contribution in [0.4, 0.5) is 0 Å². The van der Waals surface area contributed by atoms with Crippen LogP contribution in [-0.4, -0.2) is 52.5 Å². The molecule has 1 saturated heterocycles. The molecule has 0 unspecified atom stereocenters. The molecule has 3 rings (SSSR count). The first-order chi connectivity index (χ1) is 10.6. The Balaban J connectivity index is 1.78. The van der Waals surface area contributed by atoms with Gasteiger partial charge in [-0.2, -0.15) is 0 Å². The zero-order chi connectivity index (χ0) is 15.7. The topological polar surface area (TPSA) is 52.2 Å². The lowest BCUT2D eigenvalue weighted by Gasteiger charge is -2.33. The maximum absolute atomic E-state index is 12.3. The fourth-order valence-corrected chi connectivity index (χ4v) is 3.88. The molecule has 22 heavy (non-hydrogen) atoms. The van der Waals surface area contributed by atoms with Gasteiger partial charge in [-0.3, -0.25) is 9.69 Å². The third-order valence-corrected chi connectivity index (χ3v) is 5.65. The van der Waals surface area contributed by atoms with Crippen molar-refractivity contribution in [1.29, 1.82) is 0 Å². The number of aromatic amines is 1. The number of H-pyrrole nitrogens is 1. The van der Waals surface area contributed by atoms with Crippen molar-refractivity contribution in [3.05, 3.63) is 27.1 Å². The highest BCUT2D eigenvalue weighted by Gasteiger charge is 2.17. The Labute approximate surface area is 135 Å². The fraction of sp³-hybridized carbons (Fsp3) is 0.625. The molecule has 0 bridgehead atoms. The van der Waals surface area contributed by atoms with Crippen LogP contribution in [0.3, 0.4) is 0 Å². The number of hydrogen-bond acceptors (Lipinski definition) is 5. The van der Waals surface area contributed by atoms with Crippen LogP contribution >= 0.6 is 11.3 Å². The highest BCUT2D eigenvalue weighted by Crippen LogP contribution is 2.27. The normalized spacial score (nSPS) is 17.6. The molecule has 120 valence electrons. The van der Waals surface area contributed by atoms with E-state index in [-0.39, 0.29) is 5.56 Å². The lowest BCUT2D eigenvalue weighted by atomic mass is 10.2. The van der Waals surface area contributed by atoms with Crippen molar-refractivity contribution in [2.45, 2.75) is 33.2 Å². The van der Waals surface area contributed by atoms with Gasteiger partial charge in [-0.05, 0) is 18.5 Å². The summed E-state index contributed by atoms with van der Waals surface area (Å²) in [4.78, 5) is 26.8. The first-order valence-corrected chi connectivity index (χ1v) is 8.85. The van der Waals surface area contributed by atoms with Gasteiger partial charge < -0.3 is 9.88 Å². The number of nitrogens with one attached hydrogen (secondary N) is 1. The molecular weight excluding hydrogens is 296 g/mol. The molecule has 1 aliphatic heterocycles. The summed E-state index contributed by atoms with van der Waals surface area (Å²) in [6.45, 7) is 12.6. The van der Waals surface area contributed by atoms with E-state index in [4.69, 9.17) is 0 Å². The van der Waals surface area contributed by atoms with Crippen LogP contribution in [0.5, 0.6) is 0 Å². The third-order valence-electron chi connectivity index (χ3n) is 4.33. The first kappa shape index (κ1) is 15.6. The molecule has 0 atom stereocenters. The molecule has 0 spiro atoms. The predicted molar refractivity (Wildman–Crippen MR) is 91.7 cm³/mol. The van der Waals surface area contributed by atoms with Gasteiger partial charge in [0.1, 0.15) is 10.7 Å². The van der Waals surface area contributed by atoms with Crippen molar-refractivity contribution < 1.29 is 0 Å². The van der Waals surface area contributed by atoms with Crippen LogP contribution in [0.15, 0.2) is 10.9 Å². The quantitative estimate of drug-likeness (QED) is 0.939. The van der Waals surface area contributed by atoms with Crippen molar-refractivity contribution in [3.63, 3.8) is 0 Å². The summed E-state index contributed by atoms with van der Waals surface area (Å²) in [5, 5.41) is 0.730. The maximum atomic E-state index is 12.3. The first-order valence-electron chi connectivity index (χ1n) is 8.04. The minimum atomic E-state index is -0.00431. The van der Waals surface area contributed by atoms with Gasteiger partial charge in [0.2, 0.25) is 0 Å². The van der Waals surface area contributed by atoms with Crippen molar-refractivity contribution in [1.82, 2.24) is 19.8 Å². The van der Waals surface area contributed by atoms with Gasteiger partial charge in [0.05, 0.1) is 11.9 Å². The zero-order valence-corrected chi connectivity index (χ0v) is 14.4. The molecule has 3 heterocycles. The van der Waals surface area contributed by atoms with Gasteiger partial charge in [-0.1, -0.05) is 20.8 Å². The average Bonchev–Trinajstić information content (AvgIpc) is 2.93. The standard InChI is InChI=1S/C16H24N4OS/c1-4-19-5-7-20(8-6-19)10-14-17-15(21)12-9-13(11(2)3)22-16(12)18-14/h9,11H,4-8,10H2,1-3H3,(H,17,18,21). The highest BCUT2D eigenvalue weighted by molar-refractivity contribution is 7.18. The highest BCUT2D eigenvalue weighted by atomic mass is 32.1. The van der Waals surface area contributed by atoms with E-state index in [1.165, 1.54) is 4.88 Å². The van der Waals surface area contributed by atoms with E-state index in [2.05, 4.69) is 40.5 Å². The molecule has 0 amide bonds. The van der Waals surface area contributed by atoms with Crippen LogP contribution in [-0.2, 0) is 6.54 Å². The molecule has 5 nitrogen and oxygen atoms in total. The monoisotopic (exact) mass is 320 g/mol. The molecule has 1 aliphatic rings. The van der Waals surface area contributed by atoms with Crippen molar-refractivity contribution in [3.8, 4) is 0 Å². The van der Waals surface area contributed by atoms with Crippen LogP contribution in [0.25, 0.3) is 10.2 Å². The minimum Gasteiger partial charge on any atom is -0.309 e. The Bertz CT molecular complexity index is 698. The van der Waals surface area contributed by atoms with Gasteiger partial charge in [0.25, 0.3) is 5.56 Å². The second-order valence-electron chi connectivity index (χ2n) is 6.25. The molecule has 2 aromatic heterocycles. The molecule has 2 aromatic rings. The SMILES string of the molecule is CCN1CCN(Cc2nc3sc(C(C)C)cc3c(=O)[nH]2)CC1. The number of hydrogen-bond donors (Lipinski definition) is 1. The summed E-state index contributed by atoms with van der Waals surface area (Å²) in [7, 11) is 0. The number of rotatable bonds is 4. The second-order valence-corrected chi connectivity index (χ2v) is 7.31. The van der Waals surface area contributed by atoms with Gasteiger partial charge in [-0.15, -0.1) is 11.3 Å². The summed E-state index contributed by atoms with van der Waals surface area (Å²) >= 11 is 1.64. The Kier molecular flexibility index (Phi) is 4.61. The molecule has 1 fully saturated rings. The van der Waals surface area contributed by atoms with Crippen LogP contribution < -0.4 is 5.56 Å². The summed E-state index contributed by atoms with van der Waals surface area (Å²) in [6, 6.07) is 1.99. The number of thiophene rings is 1. The second kappa shape index (κ2) is 6.48. The Hall–Kier alpha value is -1.24. The van der Waals surface area contributed by atoms with Gasteiger partial charge in [0.15, 0.2) is 0 Å². The van der Waals surface area contributed by atoms with E-state index >= 15 is 0 Å². The lowest BCUT2D eigenvalue weighted by Crippen LogP contribution is -2.45. The number of piperazine rings is 1. The van der Waals surface area contributed by atoms with Crippen LogP contribution in [0, 0.1) is 0 Å². The number of likely N-dealkylation sites (N-methyl/N-ethyl adjacent to an activating group) is 1. The maximum Gasteiger partial charge on any atom is 0.259 e. The number of aromatic nitrogens is 2. The largest absolute Gasteiger partial charge is 0.309 e. The molecule has 6 heteroatoms. The van der Waals surface area contributed by atoms with E-state index in [9.17, 15) is 4.79 Å². The summed E-state index contributed by atoms with van der Waals surface area (Å²) < 4.78 is 0. The van der Waals surface area contributed by atoms with E-state index in [1.54, 1.807) is 11.3 Å². The smallest absolute Gasteiger partial charge is 0.259 e. The van der Waals surface area contributed by atoms with Crippen molar-refractivity contribution >= 4 is 21.6 Å². The van der Waals surface area contributed by atoms with Crippen LogP contribution in [0.2, 0.25) is 0 Å². The van der Waals surface area contributed by atoms with E-state index < -0.39 is 0 Å². The minimum absolute atomic E-state index is 0.00431. The fourth-order valence-electron chi connectivity index (χ4n) is 2.83. The number of nitrogens with zero attached hydrogens (tertiary/aromatic N) is 3. The number of fused-ring (bicyclic) bond motifs is 1. The average molecular weight is 320 g/mol. The lowest BCUT2D eigenvalue weighted by molar-refractivity contribution is 0.129. The molecular formula is C16H24N4OS. The van der Waals surface area contributed by atoms with E-state index in [1.807, 2.05) is 6.07 Å². The Morgan fingerprint density at radius 1 is 1.27 bits per heavy atom. The summed E-state index contributed by atoms with van der Waals surface area (Å²) in [6.07, 6.45) is 0. The zero-order valence-electron chi connectivity index (χ0n) is 13.6. The molecule has 0 radical (unpaired) electrons. The summed E-state index contributed by atoms with van der Waals surface area (Å²) in [5.41, 5.74) is -0.00431. The third kappa shape index (κ3) is 3.24. The molecule has 1 N–H and O–H groups in total. The molecule has 0 aliphatic carbocycles.